The molecule has 36 heavy (non-hydrogen) atoms. The fraction of sp³-hybridized carbons (Fsp3) is 0.424. The molecule has 0 bridgehead atoms. The molecule has 0 unspecified atom stereocenters. The molecule has 2 aromatic rings. The molecule has 3 heteroatoms. The van der Waals surface area contributed by atoms with Gasteiger partial charge in [0.15, 0.2) is 0 Å². The summed E-state index contributed by atoms with van der Waals surface area (Å²) in [5.41, 5.74) is 6.96. The van der Waals surface area contributed by atoms with E-state index in [-0.39, 0.29) is 22.8 Å². The minimum atomic E-state index is 0. The zero-order valence-corrected chi connectivity index (χ0v) is 24.3. The minimum Gasteiger partial charge on any atom is -0.661 e. The molecule has 0 saturated carbocycles. The fourth-order valence-electron chi connectivity index (χ4n) is 4.16. The first kappa shape index (κ1) is 31.7. The van der Waals surface area contributed by atoms with Gasteiger partial charge in [0, 0.05) is 22.5 Å². The Balaban J connectivity index is 0.000000611. The SMILES string of the molecule is C1=C\CC/C=C\CC/1.CC(/C=C(/C)[N-]c1c(C(C)C)cccc1C(C)C)=N[C@@H](C)c1ccccc1.[Co]. The summed E-state index contributed by atoms with van der Waals surface area (Å²) in [6, 6.07) is 17.1. The first-order valence-corrected chi connectivity index (χ1v) is 13.2. The van der Waals surface area contributed by atoms with Crippen molar-refractivity contribution in [3.8, 4) is 0 Å². The molecule has 0 fully saturated rings. The number of hydrogen-bond donors (Lipinski definition) is 0. The number of nitrogens with zero attached hydrogens (tertiary/aromatic N) is 2. The first-order valence-electron chi connectivity index (χ1n) is 13.2. The number of para-hydroxylation sites is 1. The zero-order chi connectivity index (χ0) is 25.6. The maximum absolute atomic E-state index is 5.00. The standard InChI is InChI=1S/C25H33N2.C8H12.Co/c1-17(2)23-14-11-15-24(18(3)4)25(23)27-20(6)16-19(5)26-21(7)22-12-9-8-10-13-22;1-2-4-6-8-7-5-3-1;/h8-18,21H,1-7H3;1-2,7-8H,3-6H2;/q-1;;/b20-16-,26-19?;2-1-,8-7-;/t21-;;/m0../s1. The van der Waals surface area contributed by atoms with Crippen LogP contribution in [0.15, 0.2) is 89.6 Å². The molecule has 1 aliphatic rings. The average molecular weight is 529 g/mol. The summed E-state index contributed by atoms with van der Waals surface area (Å²) in [7, 11) is 0. The van der Waals surface area contributed by atoms with Gasteiger partial charge >= 0.3 is 0 Å². The predicted octanol–water partition coefficient (Wildman–Crippen LogP) is 10.7. The third kappa shape index (κ3) is 11.1. The third-order valence-corrected chi connectivity index (χ3v) is 6.06. The first-order chi connectivity index (χ1) is 16.8. The van der Waals surface area contributed by atoms with Crippen molar-refractivity contribution in [3.05, 3.63) is 107 Å². The Bertz CT molecular complexity index is 961. The van der Waals surface area contributed by atoms with E-state index in [0.717, 1.165) is 17.1 Å². The molecule has 1 aliphatic carbocycles. The van der Waals surface area contributed by atoms with Crippen LogP contribution < -0.4 is 0 Å². The maximum atomic E-state index is 5.00. The van der Waals surface area contributed by atoms with Crippen LogP contribution in [0.2, 0.25) is 0 Å². The Morgan fingerprint density at radius 2 is 1.19 bits per heavy atom. The molecule has 0 heterocycles. The van der Waals surface area contributed by atoms with Crippen LogP contribution in [0.5, 0.6) is 0 Å². The minimum absolute atomic E-state index is 0. The number of allylic oxidation sites excluding steroid dienone is 6. The Labute approximate surface area is 231 Å². The molecule has 0 aliphatic heterocycles. The predicted molar refractivity (Wildman–Crippen MR) is 156 cm³/mol. The molecule has 3 rings (SSSR count). The van der Waals surface area contributed by atoms with Gasteiger partial charge in [0.05, 0.1) is 6.04 Å². The van der Waals surface area contributed by atoms with Gasteiger partial charge in [0.25, 0.3) is 0 Å². The van der Waals surface area contributed by atoms with E-state index in [9.17, 15) is 0 Å². The summed E-state index contributed by atoms with van der Waals surface area (Å²) in [5, 5.41) is 5.00. The molecule has 1 radical (unpaired) electrons. The third-order valence-electron chi connectivity index (χ3n) is 6.06. The Morgan fingerprint density at radius 3 is 1.64 bits per heavy atom. The number of hydrogen-bond acceptors (Lipinski definition) is 1. The summed E-state index contributed by atoms with van der Waals surface area (Å²) in [5.74, 6) is 0.895. The summed E-state index contributed by atoms with van der Waals surface area (Å²) in [6.45, 7) is 15.2. The Morgan fingerprint density at radius 1 is 0.722 bits per heavy atom. The zero-order valence-electron chi connectivity index (χ0n) is 23.3. The topological polar surface area (TPSA) is 26.5 Å². The van der Waals surface area contributed by atoms with Crippen molar-refractivity contribution < 1.29 is 16.8 Å². The number of aliphatic imine (C=N–C) groups is 1. The quantitative estimate of drug-likeness (QED) is 0.252. The van der Waals surface area contributed by atoms with E-state index < -0.39 is 0 Å². The second-order valence-corrected chi connectivity index (χ2v) is 9.95. The average Bonchev–Trinajstić information content (AvgIpc) is 2.79. The molecule has 0 amide bonds. The molecular formula is C33H45CoN2-. The van der Waals surface area contributed by atoms with Gasteiger partial charge in [0.1, 0.15) is 0 Å². The van der Waals surface area contributed by atoms with Crippen LogP contribution in [0.4, 0.5) is 5.69 Å². The second kappa shape index (κ2) is 17.2. The van der Waals surface area contributed by atoms with E-state index in [0.29, 0.717) is 11.8 Å². The van der Waals surface area contributed by atoms with Crippen molar-refractivity contribution in [2.45, 2.75) is 92.0 Å². The van der Waals surface area contributed by atoms with Crippen molar-refractivity contribution >= 4 is 11.4 Å². The van der Waals surface area contributed by atoms with Gasteiger partial charge in [-0.25, -0.2) is 0 Å². The Hall–Kier alpha value is -2.36. The molecular weight excluding hydrogens is 483 g/mol. The van der Waals surface area contributed by atoms with Gasteiger partial charge < -0.3 is 5.32 Å². The molecule has 0 saturated heterocycles. The summed E-state index contributed by atoms with van der Waals surface area (Å²) in [4.78, 5) is 4.82. The molecule has 0 aromatic heterocycles. The van der Waals surface area contributed by atoms with Gasteiger partial charge in [-0.2, -0.15) is 5.70 Å². The van der Waals surface area contributed by atoms with E-state index in [1.165, 1.54) is 42.4 Å². The van der Waals surface area contributed by atoms with Crippen LogP contribution in [-0.4, -0.2) is 5.71 Å². The molecule has 0 spiro atoms. The van der Waals surface area contributed by atoms with Crippen molar-refractivity contribution in [1.29, 1.82) is 0 Å². The summed E-state index contributed by atoms with van der Waals surface area (Å²) < 4.78 is 0. The van der Waals surface area contributed by atoms with Crippen LogP contribution in [0.3, 0.4) is 0 Å². The van der Waals surface area contributed by atoms with E-state index >= 15 is 0 Å². The molecule has 197 valence electrons. The number of rotatable bonds is 7. The van der Waals surface area contributed by atoms with Crippen LogP contribution in [0.25, 0.3) is 5.32 Å². The van der Waals surface area contributed by atoms with E-state index in [1.807, 2.05) is 6.07 Å². The molecule has 2 aromatic carbocycles. The number of benzene rings is 2. The van der Waals surface area contributed by atoms with Crippen LogP contribution in [0.1, 0.15) is 109 Å². The summed E-state index contributed by atoms with van der Waals surface area (Å²) in [6.07, 6.45) is 16.1. The van der Waals surface area contributed by atoms with E-state index in [1.54, 1.807) is 0 Å². The van der Waals surface area contributed by atoms with Crippen LogP contribution >= 0.6 is 0 Å². The van der Waals surface area contributed by atoms with Gasteiger partial charge in [-0.1, -0.05) is 125 Å². The fourth-order valence-corrected chi connectivity index (χ4v) is 4.16. The second-order valence-electron chi connectivity index (χ2n) is 9.95. The normalized spacial score (nSPS) is 16.7. The Kier molecular flexibility index (Phi) is 15.1. The van der Waals surface area contributed by atoms with Crippen molar-refractivity contribution in [3.63, 3.8) is 0 Å². The summed E-state index contributed by atoms with van der Waals surface area (Å²) >= 11 is 0. The van der Waals surface area contributed by atoms with Gasteiger partial charge in [0.2, 0.25) is 0 Å². The van der Waals surface area contributed by atoms with Gasteiger partial charge in [-0.15, -0.1) is 5.69 Å². The van der Waals surface area contributed by atoms with E-state index in [2.05, 4.69) is 121 Å². The molecule has 2 nitrogen and oxygen atoms in total. The molecule has 0 N–H and O–H groups in total. The van der Waals surface area contributed by atoms with E-state index in [4.69, 9.17) is 10.3 Å². The largest absolute Gasteiger partial charge is 0.661 e. The van der Waals surface area contributed by atoms with Crippen molar-refractivity contribution in [2.75, 3.05) is 0 Å². The monoisotopic (exact) mass is 528 g/mol. The van der Waals surface area contributed by atoms with Crippen molar-refractivity contribution in [2.24, 2.45) is 4.99 Å². The molecule has 1 atom stereocenters. The van der Waals surface area contributed by atoms with Crippen LogP contribution in [0, 0.1) is 0 Å². The van der Waals surface area contributed by atoms with Gasteiger partial charge in [-0.3, -0.25) is 4.99 Å². The maximum Gasteiger partial charge on any atom is 0.0723 e. The van der Waals surface area contributed by atoms with Crippen molar-refractivity contribution in [1.82, 2.24) is 0 Å². The van der Waals surface area contributed by atoms with Crippen LogP contribution in [-0.2, 0) is 16.8 Å². The smallest absolute Gasteiger partial charge is 0.0723 e. The van der Waals surface area contributed by atoms with Gasteiger partial charge in [-0.05, 0) is 56.9 Å².